The zero-order valence-corrected chi connectivity index (χ0v) is 17.5. The van der Waals surface area contributed by atoms with Crippen LogP contribution in [0, 0.1) is 0 Å². The second-order valence-electron chi connectivity index (χ2n) is 7.56. The number of pyridine rings is 1. The number of amides is 2. The maximum Gasteiger partial charge on any atom is 0.252 e. The Morgan fingerprint density at radius 1 is 1.21 bits per heavy atom. The highest BCUT2D eigenvalue weighted by Crippen LogP contribution is 2.35. The molecule has 154 valence electrons. The van der Waals surface area contributed by atoms with Crippen LogP contribution >= 0.6 is 11.3 Å². The molecule has 0 aromatic carbocycles. The second kappa shape index (κ2) is 8.51. The number of piperazine rings is 1. The highest BCUT2D eigenvalue weighted by atomic mass is 32.1. The first kappa shape index (κ1) is 19.8. The van der Waals surface area contributed by atoms with Gasteiger partial charge in [-0.2, -0.15) is 0 Å². The molecule has 2 N–H and O–H groups in total. The Morgan fingerprint density at radius 3 is 2.72 bits per heavy atom. The van der Waals surface area contributed by atoms with Gasteiger partial charge in [-0.15, -0.1) is 11.3 Å². The van der Waals surface area contributed by atoms with Gasteiger partial charge in [-0.3, -0.25) is 14.5 Å². The Hall–Kier alpha value is -2.45. The summed E-state index contributed by atoms with van der Waals surface area (Å²) in [7, 11) is 0. The van der Waals surface area contributed by atoms with Gasteiger partial charge in [-0.05, 0) is 42.0 Å². The fourth-order valence-electron chi connectivity index (χ4n) is 4.38. The van der Waals surface area contributed by atoms with Crippen molar-refractivity contribution in [3.05, 3.63) is 45.8 Å². The van der Waals surface area contributed by atoms with Gasteiger partial charge in [0.2, 0.25) is 5.91 Å². The molecule has 0 bridgehead atoms. The molecule has 2 aliphatic heterocycles. The lowest BCUT2D eigenvalue weighted by atomic mass is 9.97. The summed E-state index contributed by atoms with van der Waals surface area (Å²) >= 11 is 1.80. The Balaban J connectivity index is 1.37. The molecule has 2 aromatic heterocycles. The van der Waals surface area contributed by atoms with Crippen LogP contribution in [0.2, 0.25) is 0 Å². The van der Waals surface area contributed by atoms with Crippen LogP contribution in [0.5, 0.6) is 0 Å². The van der Waals surface area contributed by atoms with E-state index in [1.165, 1.54) is 10.4 Å². The van der Waals surface area contributed by atoms with Crippen LogP contribution in [0.1, 0.15) is 40.2 Å². The highest BCUT2D eigenvalue weighted by Gasteiger charge is 2.31. The van der Waals surface area contributed by atoms with Gasteiger partial charge in [-0.1, -0.05) is 6.92 Å². The maximum atomic E-state index is 13.1. The van der Waals surface area contributed by atoms with Gasteiger partial charge in [-0.25, -0.2) is 4.98 Å². The Kier molecular flexibility index (Phi) is 5.82. The normalized spacial score (nSPS) is 19.8. The van der Waals surface area contributed by atoms with Gasteiger partial charge in [0.1, 0.15) is 5.82 Å². The molecule has 2 aliphatic rings. The molecule has 0 aliphatic carbocycles. The number of hydrogen-bond acceptors (Lipinski definition) is 6. The van der Waals surface area contributed by atoms with E-state index in [4.69, 9.17) is 5.73 Å². The molecule has 0 saturated carbocycles. The Bertz CT molecular complexity index is 891. The van der Waals surface area contributed by atoms with Crippen LogP contribution in [0.3, 0.4) is 0 Å². The largest absolute Gasteiger partial charge is 0.365 e. The number of rotatable bonds is 5. The molecular weight excluding hydrogens is 386 g/mol. The SMILES string of the molecule is CCC1c2ccsc2CCN1C(=O)CN1CCN(c2ncccc2C(N)=O)CC1. The number of nitrogens with two attached hydrogens (primary N) is 1. The van der Waals surface area contributed by atoms with E-state index in [2.05, 4.69) is 38.1 Å². The molecular formula is C21H27N5O2S. The number of carbonyl (C=O) groups excluding carboxylic acids is 2. The number of hydrogen-bond donors (Lipinski definition) is 1. The molecule has 1 unspecified atom stereocenters. The highest BCUT2D eigenvalue weighted by molar-refractivity contribution is 7.10. The first-order chi connectivity index (χ1) is 14.1. The number of primary amides is 1. The van der Waals surface area contributed by atoms with Crippen molar-refractivity contribution >= 4 is 29.0 Å². The van der Waals surface area contributed by atoms with Gasteiger partial charge < -0.3 is 15.5 Å². The number of aromatic nitrogens is 1. The second-order valence-corrected chi connectivity index (χ2v) is 8.56. The third-order valence-electron chi connectivity index (χ3n) is 5.88. The van der Waals surface area contributed by atoms with E-state index < -0.39 is 5.91 Å². The summed E-state index contributed by atoms with van der Waals surface area (Å²) < 4.78 is 0. The molecule has 4 rings (SSSR count). The number of thiophene rings is 1. The third kappa shape index (κ3) is 4.00. The summed E-state index contributed by atoms with van der Waals surface area (Å²) in [4.78, 5) is 36.8. The molecule has 0 spiro atoms. The van der Waals surface area contributed by atoms with Crippen LogP contribution in [-0.2, 0) is 11.2 Å². The van der Waals surface area contributed by atoms with Gasteiger partial charge in [0.25, 0.3) is 5.91 Å². The Labute approximate surface area is 175 Å². The summed E-state index contributed by atoms with van der Waals surface area (Å²) in [6.07, 6.45) is 3.58. The van der Waals surface area contributed by atoms with Gasteiger partial charge in [0.05, 0.1) is 18.2 Å². The minimum Gasteiger partial charge on any atom is -0.365 e. The molecule has 1 atom stereocenters. The van der Waals surface area contributed by atoms with E-state index in [1.807, 2.05) is 0 Å². The van der Waals surface area contributed by atoms with Gasteiger partial charge in [0.15, 0.2) is 0 Å². The van der Waals surface area contributed by atoms with Crippen LogP contribution in [0.25, 0.3) is 0 Å². The molecule has 4 heterocycles. The zero-order valence-electron chi connectivity index (χ0n) is 16.7. The zero-order chi connectivity index (χ0) is 20.4. The fourth-order valence-corrected chi connectivity index (χ4v) is 5.30. The molecule has 2 amide bonds. The fraction of sp³-hybridized carbons (Fsp3) is 0.476. The van der Waals surface area contributed by atoms with E-state index in [0.717, 1.165) is 45.6 Å². The van der Waals surface area contributed by atoms with Crippen molar-refractivity contribution in [2.24, 2.45) is 5.73 Å². The van der Waals surface area contributed by atoms with Crippen molar-refractivity contribution < 1.29 is 9.59 Å². The molecule has 2 aromatic rings. The molecule has 1 saturated heterocycles. The van der Waals surface area contributed by atoms with E-state index in [-0.39, 0.29) is 11.9 Å². The summed E-state index contributed by atoms with van der Waals surface area (Å²) in [5.74, 6) is 0.380. The monoisotopic (exact) mass is 413 g/mol. The standard InChI is InChI=1S/C21H27N5O2S/c1-2-17-15-6-13-29-18(15)5-8-26(17)19(27)14-24-9-11-25(12-10-24)21-16(20(22)28)4-3-7-23-21/h3-4,6-7,13,17H,2,5,8-12,14H2,1H3,(H2,22,28). The van der Waals surface area contributed by atoms with Crippen LogP contribution in [0.4, 0.5) is 5.82 Å². The predicted octanol–water partition coefficient (Wildman–Crippen LogP) is 1.90. The average Bonchev–Trinajstić information content (AvgIpc) is 3.22. The smallest absolute Gasteiger partial charge is 0.252 e. The van der Waals surface area contributed by atoms with Crippen LogP contribution in [-0.4, -0.2) is 65.9 Å². The van der Waals surface area contributed by atoms with Crippen molar-refractivity contribution in [3.63, 3.8) is 0 Å². The van der Waals surface area contributed by atoms with Crippen LogP contribution < -0.4 is 10.6 Å². The van der Waals surface area contributed by atoms with E-state index in [9.17, 15) is 9.59 Å². The molecule has 8 heteroatoms. The first-order valence-electron chi connectivity index (χ1n) is 10.2. The lowest BCUT2D eigenvalue weighted by Gasteiger charge is -2.39. The van der Waals surface area contributed by atoms with Gasteiger partial charge >= 0.3 is 0 Å². The van der Waals surface area contributed by atoms with E-state index in [1.54, 1.807) is 29.7 Å². The topological polar surface area (TPSA) is 82.8 Å². The average molecular weight is 414 g/mol. The number of fused-ring (bicyclic) bond motifs is 1. The lowest BCUT2D eigenvalue weighted by Crippen LogP contribution is -2.51. The minimum absolute atomic E-state index is 0.199. The maximum absolute atomic E-state index is 13.1. The van der Waals surface area contributed by atoms with Crippen molar-refractivity contribution in [3.8, 4) is 0 Å². The lowest BCUT2D eigenvalue weighted by molar-refractivity contribution is -0.135. The van der Waals surface area contributed by atoms with Crippen molar-refractivity contribution in [1.82, 2.24) is 14.8 Å². The number of nitrogens with zero attached hydrogens (tertiary/aromatic N) is 4. The molecule has 0 radical (unpaired) electrons. The molecule has 1 fully saturated rings. The number of anilines is 1. The Morgan fingerprint density at radius 2 is 2.00 bits per heavy atom. The van der Waals surface area contributed by atoms with Crippen LogP contribution in [0.15, 0.2) is 29.8 Å². The molecule has 7 nitrogen and oxygen atoms in total. The summed E-state index contributed by atoms with van der Waals surface area (Å²) in [5, 5.41) is 2.14. The quantitative estimate of drug-likeness (QED) is 0.810. The van der Waals surface area contributed by atoms with Crippen molar-refractivity contribution in [2.75, 3.05) is 44.2 Å². The first-order valence-corrected chi connectivity index (χ1v) is 11.0. The predicted molar refractivity (Wildman–Crippen MR) is 114 cm³/mol. The molecule has 29 heavy (non-hydrogen) atoms. The van der Waals surface area contributed by atoms with E-state index >= 15 is 0 Å². The van der Waals surface area contributed by atoms with E-state index in [0.29, 0.717) is 17.9 Å². The number of carbonyl (C=O) groups is 2. The van der Waals surface area contributed by atoms with Gasteiger partial charge in [0, 0.05) is 43.8 Å². The third-order valence-corrected chi connectivity index (χ3v) is 6.88. The summed E-state index contributed by atoms with van der Waals surface area (Å²) in [5.41, 5.74) is 7.26. The summed E-state index contributed by atoms with van der Waals surface area (Å²) in [6, 6.07) is 5.81. The minimum atomic E-state index is -0.464. The summed E-state index contributed by atoms with van der Waals surface area (Å²) in [6.45, 7) is 6.35. The van der Waals surface area contributed by atoms with Crippen molar-refractivity contribution in [2.45, 2.75) is 25.8 Å². The van der Waals surface area contributed by atoms with Crippen molar-refractivity contribution in [1.29, 1.82) is 0 Å².